The average Bonchev–Trinajstić information content (AvgIpc) is 2.40. The second kappa shape index (κ2) is 5.48. The van der Waals surface area contributed by atoms with Crippen LogP contribution >= 0.6 is 0 Å². The molecule has 0 aliphatic carbocycles. The second-order valence-electron chi connectivity index (χ2n) is 4.05. The van der Waals surface area contributed by atoms with Gasteiger partial charge in [-0.2, -0.15) is 0 Å². The molecular formula is C14H15N3O2. The first-order valence-electron chi connectivity index (χ1n) is 5.99. The summed E-state index contributed by atoms with van der Waals surface area (Å²) < 4.78 is 5.09. The molecule has 0 amide bonds. The second-order valence-corrected chi connectivity index (χ2v) is 4.05. The number of pyridine rings is 2. The molecule has 5 nitrogen and oxygen atoms in total. The molecule has 0 spiro atoms. The molecule has 2 rings (SSSR count). The van der Waals surface area contributed by atoms with Crippen molar-refractivity contribution in [2.75, 3.05) is 6.61 Å². The first kappa shape index (κ1) is 13.0. The Hall–Kier alpha value is -2.43. The van der Waals surface area contributed by atoms with E-state index in [9.17, 15) is 4.79 Å². The molecule has 2 N–H and O–H groups in total. The van der Waals surface area contributed by atoms with Crippen LogP contribution in [0.1, 0.15) is 18.2 Å². The zero-order valence-electron chi connectivity index (χ0n) is 10.9. The van der Waals surface area contributed by atoms with E-state index in [1.54, 1.807) is 25.4 Å². The normalized spacial score (nSPS) is 10.2. The van der Waals surface area contributed by atoms with Crippen molar-refractivity contribution in [1.29, 1.82) is 5.41 Å². The molecule has 98 valence electrons. The van der Waals surface area contributed by atoms with Crippen molar-refractivity contribution in [2.24, 2.45) is 0 Å². The number of nitrogens with one attached hydrogen (secondary N) is 2. The van der Waals surface area contributed by atoms with Crippen molar-refractivity contribution in [3.63, 3.8) is 0 Å². The van der Waals surface area contributed by atoms with Crippen LogP contribution in [0.4, 0.5) is 0 Å². The predicted octanol–water partition coefficient (Wildman–Crippen LogP) is 2.11. The topological polar surface area (TPSA) is 78.8 Å². The Morgan fingerprint density at radius 3 is 2.74 bits per heavy atom. The fraction of sp³-hybridized carbons (Fsp3) is 0.214. The Morgan fingerprint density at radius 2 is 2.11 bits per heavy atom. The molecule has 19 heavy (non-hydrogen) atoms. The molecule has 5 heteroatoms. The maximum absolute atomic E-state index is 11.9. The van der Waals surface area contributed by atoms with Gasteiger partial charge in [0.25, 0.3) is 5.56 Å². The van der Waals surface area contributed by atoms with Crippen LogP contribution in [0.5, 0.6) is 0 Å². The summed E-state index contributed by atoms with van der Waals surface area (Å²) >= 11 is 0. The number of aromatic amines is 1. The Bertz CT molecular complexity index is 647. The van der Waals surface area contributed by atoms with Gasteiger partial charge < -0.3 is 9.72 Å². The molecule has 0 bridgehead atoms. The van der Waals surface area contributed by atoms with Gasteiger partial charge in [-0.05, 0) is 37.6 Å². The number of nitrogens with zero attached hydrogens (tertiary/aromatic N) is 1. The minimum absolute atomic E-state index is 0.112. The molecule has 0 saturated heterocycles. The van der Waals surface area contributed by atoms with Gasteiger partial charge in [0.05, 0.1) is 6.61 Å². The zero-order valence-corrected chi connectivity index (χ0v) is 10.9. The van der Waals surface area contributed by atoms with E-state index in [0.717, 1.165) is 16.8 Å². The summed E-state index contributed by atoms with van der Waals surface area (Å²) in [5.41, 5.74) is 2.48. The number of hydrogen-bond donors (Lipinski definition) is 2. The molecule has 0 aliphatic heterocycles. The highest BCUT2D eigenvalue weighted by atomic mass is 16.5. The van der Waals surface area contributed by atoms with Gasteiger partial charge in [0.15, 0.2) is 0 Å². The van der Waals surface area contributed by atoms with Gasteiger partial charge in [-0.3, -0.25) is 15.2 Å². The lowest BCUT2D eigenvalue weighted by atomic mass is 10.0. The average molecular weight is 257 g/mol. The highest BCUT2D eigenvalue weighted by Crippen LogP contribution is 2.21. The Labute approximate surface area is 110 Å². The monoisotopic (exact) mass is 257 g/mol. The quantitative estimate of drug-likeness (QED) is 0.653. The number of rotatable bonds is 3. The van der Waals surface area contributed by atoms with Crippen LogP contribution in [0.2, 0.25) is 0 Å². The predicted molar refractivity (Wildman–Crippen MR) is 73.5 cm³/mol. The van der Waals surface area contributed by atoms with Crippen molar-refractivity contribution in [1.82, 2.24) is 9.97 Å². The highest BCUT2D eigenvalue weighted by Gasteiger charge is 2.12. The standard InChI is InChI=1S/C14H15N3O2/c1-3-19-13(15)12-8-11(9(2)17-14(12)18)10-4-6-16-7-5-10/h4-8,15H,3H2,1-2H3,(H,17,18). The largest absolute Gasteiger partial charge is 0.478 e. The minimum Gasteiger partial charge on any atom is -0.478 e. The molecule has 0 radical (unpaired) electrons. The fourth-order valence-corrected chi connectivity index (χ4v) is 1.85. The van der Waals surface area contributed by atoms with Crippen LogP contribution in [0.25, 0.3) is 11.1 Å². The van der Waals surface area contributed by atoms with E-state index in [1.165, 1.54) is 0 Å². The van der Waals surface area contributed by atoms with Crippen molar-refractivity contribution in [3.8, 4) is 11.1 Å². The summed E-state index contributed by atoms with van der Waals surface area (Å²) in [6.45, 7) is 3.96. The Balaban J connectivity index is 2.55. The molecule has 0 fully saturated rings. The van der Waals surface area contributed by atoms with Crippen molar-refractivity contribution in [2.45, 2.75) is 13.8 Å². The summed E-state index contributed by atoms with van der Waals surface area (Å²) in [7, 11) is 0. The maximum Gasteiger partial charge on any atom is 0.260 e. The van der Waals surface area contributed by atoms with E-state index in [4.69, 9.17) is 10.1 Å². The first-order chi connectivity index (χ1) is 9.13. The van der Waals surface area contributed by atoms with E-state index >= 15 is 0 Å². The van der Waals surface area contributed by atoms with Gasteiger partial charge in [0.2, 0.25) is 5.90 Å². The molecule has 0 saturated carbocycles. The van der Waals surface area contributed by atoms with Crippen molar-refractivity contribution < 1.29 is 4.74 Å². The molecule has 2 aromatic rings. The van der Waals surface area contributed by atoms with Crippen molar-refractivity contribution in [3.05, 3.63) is 52.2 Å². The molecule has 0 unspecified atom stereocenters. The smallest absolute Gasteiger partial charge is 0.260 e. The van der Waals surface area contributed by atoms with Crippen LogP contribution in [0.15, 0.2) is 35.4 Å². The number of aryl methyl sites for hydroxylation is 1. The van der Waals surface area contributed by atoms with Gasteiger partial charge in [0, 0.05) is 23.7 Å². The third-order valence-corrected chi connectivity index (χ3v) is 2.76. The van der Waals surface area contributed by atoms with Crippen LogP contribution in [-0.4, -0.2) is 22.5 Å². The van der Waals surface area contributed by atoms with Crippen LogP contribution in [0.3, 0.4) is 0 Å². The number of aromatic nitrogens is 2. The Kier molecular flexibility index (Phi) is 3.75. The van der Waals surface area contributed by atoms with Crippen LogP contribution in [0, 0.1) is 12.3 Å². The van der Waals surface area contributed by atoms with Crippen LogP contribution < -0.4 is 5.56 Å². The third kappa shape index (κ3) is 2.70. The minimum atomic E-state index is -0.311. The lowest BCUT2D eigenvalue weighted by Gasteiger charge is -2.09. The molecule has 0 aromatic carbocycles. The van der Waals surface area contributed by atoms with E-state index in [0.29, 0.717) is 6.61 Å². The number of H-pyrrole nitrogens is 1. The Morgan fingerprint density at radius 1 is 1.42 bits per heavy atom. The zero-order chi connectivity index (χ0) is 13.8. The van der Waals surface area contributed by atoms with Crippen molar-refractivity contribution >= 4 is 5.90 Å². The lowest BCUT2D eigenvalue weighted by Crippen LogP contribution is -2.20. The van der Waals surface area contributed by atoms with Gasteiger partial charge in [0.1, 0.15) is 5.56 Å². The summed E-state index contributed by atoms with van der Waals surface area (Å²) in [5, 5.41) is 7.75. The van der Waals surface area contributed by atoms with E-state index < -0.39 is 0 Å². The van der Waals surface area contributed by atoms with Gasteiger partial charge in [-0.25, -0.2) is 0 Å². The van der Waals surface area contributed by atoms with Gasteiger partial charge in [-0.1, -0.05) is 0 Å². The van der Waals surface area contributed by atoms with Gasteiger partial charge in [-0.15, -0.1) is 0 Å². The SMILES string of the molecule is CCOC(=N)c1cc(-c2ccncc2)c(C)[nH]c1=O. The molecule has 2 aromatic heterocycles. The summed E-state index contributed by atoms with van der Waals surface area (Å²) in [6.07, 6.45) is 3.38. The summed E-state index contributed by atoms with van der Waals surface area (Å²) in [5.74, 6) is -0.112. The lowest BCUT2D eigenvalue weighted by molar-refractivity contribution is 0.325. The summed E-state index contributed by atoms with van der Waals surface area (Å²) in [6, 6.07) is 5.39. The molecule has 2 heterocycles. The first-order valence-corrected chi connectivity index (χ1v) is 5.99. The fourth-order valence-electron chi connectivity index (χ4n) is 1.85. The number of ether oxygens (including phenoxy) is 1. The third-order valence-electron chi connectivity index (χ3n) is 2.76. The van der Waals surface area contributed by atoms with E-state index in [2.05, 4.69) is 9.97 Å². The van der Waals surface area contributed by atoms with Crippen LogP contribution in [-0.2, 0) is 4.74 Å². The summed E-state index contributed by atoms with van der Waals surface area (Å²) in [4.78, 5) is 18.6. The molecule has 0 atom stereocenters. The molecule has 0 aliphatic rings. The molecular weight excluding hydrogens is 242 g/mol. The maximum atomic E-state index is 11.9. The highest BCUT2D eigenvalue weighted by molar-refractivity contribution is 5.92. The van der Waals surface area contributed by atoms with Gasteiger partial charge >= 0.3 is 0 Å². The van der Waals surface area contributed by atoms with E-state index in [1.807, 2.05) is 19.1 Å². The number of hydrogen-bond acceptors (Lipinski definition) is 4. The van der Waals surface area contributed by atoms with E-state index in [-0.39, 0.29) is 17.0 Å².